The lowest BCUT2D eigenvalue weighted by molar-refractivity contribution is -0.387. The van der Waals surface area contributed by atoms with E-state index >= 15 is 0 Å². The largest absolute Gasteiger partial charge is 0.365 e. The van der Waals surface area contributed by atoms with Gasteiger partial charge in [-0.25, -0.2) is 8.42 Å². The fraction of sp³-hybridized carbons (Fsp3) is 0.429. The Morgan fingerprint density at radius 3 is 2.50 bits per heavy atom. The summed E-state index contributed by atoms with van der Waals surface area (Å²) >= 11 is 0. The maximum atomic E-state index is 14.0. The molecule has 1 atom stereocenters. The van der Waals surface area contributed by atoms with Crippen LogP contribution >= 0.6 is 0 Å². The van der Waals surface area contributed by atoms with E-state index in [-0.39, 0.29) is 16.5 Å². The Kier molecular flexibility index (Phi) is 5.27. The van der Waals surface area contributed by atoms with E-state index in [4.69, 9.17) is 0 Å². The number of anilines is 1. The first-order chi connectivity index (χ1) is 14.2. The van der Waals surface area contributed by atoms with E-state index in [1.54, 1.807) is 0 Å². The van der Waals surface area contributed by atoms with Gasteiger partial charge in [0, 0.05) is 36.9 Å². The fourth-order valence-electron chi connectivity index (χ4n) is 4.66. The third kappa shape index (κ3) is 3.45. The van der Waals surface area contributed by atoms with Gasteiger partial charge < -0.3 is 4.90 Å². The molecule has 1 unspecified atom stereocenters. The summed E-state index contributed by atoms with van der Waals surface area (Å²) in [6, 6.07) is 10.9. The molecular weight excluding hydrogens is 409 g/mol. The van der Waals surface area contributed by atoms with Crippen molar-refractivity contribution in [1.29, 1.82) is 0 Å². The first-order valence-corrected chi connectivity index (χ1v) is 11.4. The molecule has 0 spiro atoms. The number of para-hydroxylation sites is 1. The number of nitro groups is 1. The van der Waals surface area contributed by atoms with Crippen molar-refractivity contribution in [2.45, 2.75) is 50.1 Å². The van der Waals surface area contributed by atoms with E-state index in [9.17, 15) is 22.9 Å². The predicted octanol–water partition coefficient (Wildman–Crippen LogP) is 3.65. The number of fused-ring (bicyclic) bond motifs is 1. The van der Waals surface area contributed by atoms with Crippen molar-refractivity contribution in [3.63, 3.8) is 0 Å². The molecule has 2 aromatic carbocycles. The topological polar surface area (TPSA) is 83.8 Å². The molecule has 1 fully saturated rings. The molecule has 0 aromatic heterocycles. The summed E-state index contributed by atoms with van der Waals surface area (Å²) in [5.74, 6) is -1.00. The van der Waals surface area contributed by atoms with E-state index in [1.807, 2.05) is 12.1 Å². The van der Waals surface area contributed by atoms with Crippen molar-refractivity contribution >= 4 is 21.4 Å². The monoisotopic (exact) mass is 433 g/mol. The minimum Gasteiger partial charge on any atom is -0.365 e. The molecule has 0 saturated carbocycles. The number of benzene rings is 2. The van der Waals surface area contributed by atoms with Gasteiger partial charge in [0.2, 0.25) is 15.8 Å². The summed E-state index contributed by atoms with van der Waals surface area (Å²) in [6.07, 6.45) is 2.31. The van der Waals surface area contributed by atoms with Gasteiger partial charge in [-0.15, -0.1) is 0 Å². The highest BCUT2D eigenvalue weighted by atomic mass is 32.2. The molecule has 2 heterocycles. The zero-order valence-corrected chi connectivity index (χ0v) is 17.7. The Balaban J connectivity index is 1.54. The molecule has 7 nitrogen and oxygen atoms in total. The van der Waals surface area contributed by atoms with E-state index in [0.717, 1.165) is 12.5 Å². The first kappa shape index (κ1) is 20.7. The van der Waals surface area contributed by atoms with Gasteiger partial charge >= 0.3 is 5.69 Å². The second-order valence-corrected chi connectivity index (χ2v) is 9.99. The number of hydrogen-bond donors (Lipinski definition) is 0. The SMILES string of the molecule is Cc1cc(S(=O)(=O)N2CCC(N3c4ccccc4CC3C)CC2)cc([N+](=O)[O-])c1F. The van der Waals surface area contributed by atoms with Gasteiger partial charge in [-0.3, -0.25) is 10.1 Å². The van der Waals surface area contributed by atoms with Gasteiger partial charge in [0.05, 0.1) is 9.82 Å². The van der Waals surface area contributed by atoms with Crippen LogP contribution in [0.25, 0.3) is 0 Å². The smallest absolute Gasteiger partial charge is 0.306 e. The highest BCUT2D eigenvalue weighted by molar-refractivity contribution is 7.89. The van der Waals surface area contributed by atoms with Crippen molar-refractivity contribution in [2.75, 3.05) is 18.0 Å². The van der Waals surface area contributed by atoms with Gasteiger partial charge in [-0.2, -0.15) is 8.70 Å². The Bertz CT molecular complexity index is 1100. The maximum absolute atomic E-state index is 14.0. The molecule has 0 N–H and O–H groups in total. The van der Waals surface area contributed by atoms with Gasteiger partial charge in [0.15, 0.2) is 0 Å². The second kappa shape index (κ2) is 7.63. The standard InChI is InChI=1S/C21H24FN3O4S/c1-14-11-18(13-20(21(14)22)25(26)27)30(28,29)23-9-7-17(8-10-23)24-15(2)12-16-5-3-4-6-19(16)24/h3-6,11,13,15,17H,7-10,12H2,1-2H3. The molecule has 160 valence electrons. The van der Waals surface area contributed by atoms with Crippen LogP contribution in [0.3, 0.4) is 0 Å². The molecule has 1 saturated heterocycles. The Hall–Kier alpha value is -2.52. The average molecular weight is 434 g/mol. The van der Waals surface area contributed by atoms with Crippen molar-refractivity contribution in [1.82, 2.24) is 4.31 Å². The van der Waals surface area contributed by atoms with Crippen LogP contribution in [0, 0.1) is 22.9 Å². The number of hydrogen-bond acceptors (Lipinski definition) is 5. The quantitative estimate of drug-likeness (QED) is 0.543. The molecular formula is C21H24FN3O4S. The van der Waals surface area contributed by atoms with Crippen LogP contribution in [-0.2, 0) is 16.4 Å². The molecule has 30 heavy (non-hydrogen) atoms. The van der Waals surface area contributed by atoms with Gasteiger partial charge in [0.1, 0.15) is 0 Å². The van der Waals surface area contributed by atoms with Gasteiger partial charge in [-0.05, 0) is 56.4 Å². The lowest BCUT2D eigenvalue weighted by Gasteiger charge is -2.39. The van der Waals surface area contributed by atoms with Crippen LogP contribution in [0.5, 0.6) is 0 Å². The van der Waals surface area contributed by atoms with Crippen molar-refractivity contribution < 1.29 is 17.7 Å². The van der Waals surface area contributed by atoms with E-state index in [0.29, 0.717) is 32.0 Å². The number of nitro benzene ring substituents is 1. The van der Waals surface area contributed by atoms with Crippen LogP contribution < -0.4 is 4.90 Å². The Morgan fingerprint density at radius 1 is 1.17 bits per heavy atom. The van der Waals surface area contributed by atoms with Crippen LogP contribution in [0.1, 0.15) is 30.9 Å². The summed E-state index contributed by atoms with van der Waals surface area (Å²) in [4.78, 5) is 12.4. The molecule has 0 amide bonds. The van der Waals surface area contributed by atoms with E-state index in [2.05, 4.69) is 24.0 Å². The molecule has 2 aliphatic rings. The number of aryl methyl sites for hydroxylation is 1. The minimum atomic E-state index is -3.93. The average Bonchev–Trinajstić information content (AvgIpc) is 3.05. The van der Waals surface area contributed by atoms with Gasteiger partial charge in [-0.1, -0.05) is 18.2 Å². The van der Waals surface area contributed by atoms with Crippen molar-refractivity contribution in [3.05, 3.63) is 63.5 Å². The van der Waals surface area contributed by atoms with Crippen LogP contribution in [-0.4, -0.2) is 42.8 Å². The number of sulfonamides is 1. The lowest BCUT2D eigenvalue weighted by atomic mass is 10.0. The zero-order chi connectivity index (χ0) is 21.6. The Morgan fingerprint density at radius 2 is 1.83 bits per heavy atom. The highest BCUT2D eigenvalue weighted by Crippen LogP contribution is 2.37. The normalized spacial score (nSPS) is 20.4. The summed E-state index contributed by atoms with van der Waals surface area (Å²) in [5, 5.41) is 11.1. The van der Waals surface area contributed by atoms with Crippen LogP contribution in [0.4, 0.5) is 15.8 Å². The van der Waals surface area contributed by atoms with Gasteiger partial charge in [0.25, 0.3) is 0 Å². The first-order valence-electron chi connectivity index (χ1n) is 10.0. The molecule has 0 radical (unpaired) electrons. The molecule has 2 aliphatic heterocycles. The molecule has 9 heteroatoms. The number of nitrogens with zero attached hydrogens (tertiary/aromatic N) is 3. The third-order valence-corrected chi connectivity index (χ3v) is 8.00. The van der Waals surface area contributed by atoms with Crippen molar-refractivity contribution in [2.24, 2.45) is 0 Å². The number of piperidine rings is 1. The summed E-state index contributed by atoms with van der Waals surface area (Å²) < 4.78 is 41.5. The highest BCUT2D eigenvalue weighted by Gasteiger charge is 2.37. The van der Waals surface area contributed by atoms with E-state index in [1.165, 1.54) is 28.5 Å². The lowest BCUT2D eigenvalue weighted by Crippen LogP contribution is -2.48. The van der Waals surface area contributed by atoms with Crippen LogP contribution in [0.2, 0.25) is 0 Å². The fourth-order valence-corrected chi connectivity index (χ4v) is 6.23. The van der Waals surface area contributed by atoms with Crippen molar-refractivity contribution in [3.8, 4) is 0 Å². The number of halogens is 1. The molecule has 0 bridgehead atoms. The Labute approximate surface area is 175 Å². The molecule has 4 rings (SSSR count). The summed E-state index contributed by atoms with van der Waals surface area (Å²) in [5.41, 5.74) is 1.66. The maximum Gasteiger partial charge on any atom is 0.306 e. The molecule has 2 aromatic rings. The summed E-state index contributed by atoms with van der Waals surface area (Å²) in [7, 11) is -3.93. The summed E-state index contributed by atoms with van der Waals surface area (Å²) in [6.45, 7) is 4.16. The predicted molar refractivity (Wildman–Crippen MR) is 112 cm³/mol. The van der Waals surface area contributed by atoms with Crippen LogP contribution in [0.15, 0.2) is 41.3 Å². The number of rotatable bonds is 4. The minimum absolute atomic E-state index is 0.0554. The third-order valence-electron chi connectivity index (χ3n) is 6.12. The molecule has 0 aliphatic carbocycles. The second-order valence-electron chi connectivity index (χ2n) is 8.05. The van der Waals surface area contributed by atoms with E-state index < -0.39 is 26.5 Å². The zero-order valence-electron chi connectivity index (χ0n) is 16.9.